The summed E-state index contributed by atoms with van der Waals surface area (Å²) in [6, 6.07) is 9.19. The molecule has 7 nitrogen and oxygen atoms in total. The monoisotopic (exact) mass is 531 g/mol. The van der Waals surface area contributed by atoms with E-state index in [9.17, 15) is 22.8 Å². The molecule has 2 saturated heterocycles. The number of imide groups is 1. The van der Waals surface area contributed by atoms with Gasteiger partial charge >= 0.3 is 6.18 Å². The van der Waals surface area contributed by atoms with E-state index in [1.165, 1.54) is 36.6 Å². The van der Waals surface area contributed by atoms with Crippen LogP contribution in [-0.4, -0.2) is 54.2 Å². The van der Waals surface area contributed by atoms with Crippen LogP contribution in [0.5, 0.6) is 17.2 Å². The molecule has 0 radical (unpaired) electrons. The zero-order valence-electron chi connectivity index (χ0n) is 20.0. The fourth-order valence-electron chi connectivity index (χ4n) is 4.16. The van der Waals surface area contributed by atoms with E-state index in [1.54, 1.807) is 18.2 Å². The number of carbonyl (C=O) groups is 2. The summed E-state index contributed by atoms with van der Waals surface area (Å²) in [5, 5.41) is 8.61. The third kappa shape index (κ3) is 6.26. The molecule has 0 saturated carbocycles. The van der Waals surface area contributed by atoms with Crippen LogP contribution in [0.3, 0.4) is 0 Å². The normalized spacial score (nSPS) is 17.8. The zero-order chi connectivity index (χ0) is 26.6. The molecule has 2 aromatic carbocycles. The largest absolute Gasteiger partial charge is 0.493 e. The van der Waals surface area contributed by atoms with Crippen LogP contribution in [0.4, 0.5) is 18.0 Å². The van der Waals surface area contributed by atoms with Crippen LogP contribution in [0.1, 0.15) is 36.0 Å². The van der Waals surface area contributed by atoms with Gasteiger partial charge in [0.2, 0.25) is 0 Å². The van der Waals surface area contributed by atoms with E-state index in [1.807, 2.05) is 0 Å². The second-order valence-electron chi connectivity index (χ2n) is 8.57. The van der Waals surface area contributed by atoms with Crippen LogP contribution in [0.25, 0.3) is 6.08 Å². The summed E-state index contributed by atoms with van der Waals surface area (Å²) < 4.78 is 51.3. The summed E-state index contributed by atoms with van der Waals surface area (Å²) in [7, 11) is 1.34. The van der Waals surface area contributed by atoms with Gasteiger partial charge in [-0.1, -0.05) is 12.5 Å². The molecule has 0 bridgehead atoms. The molecule has 0 unspecified atom stereocenters. The number of carbonyl (C=O) groups excluding carboxylic acids is 2. The predicted octanol–water partition coefficient (Wildman–Crippen LogP) is 5.90. The van der Waals surface area contributed by atoms with Gasteiger partial charge in [-0.3, -0.25) is 14.5 Å². The summed E-state index contributed by atoms with van der Waals surface area (Å²) in [6.07, 6.45) is 0.246. The average molecular weight is 532 g/mol. The first-order chi connectivity index (χ1) is 17.7. The standard InChI is InChI=1S/C26H24F3N3O4S/c1-35-22-14-17(5-8-21(22)36-20-7-6-18(16-30)13-19(20)26(27,28)29)15-23-24(33)32(25(34)37-23)12-11-31-9-3-2-4-10-31/h5-8,13-15H,2-4,9-12H2,1H3/b23-15-. The molecule has 194 valence electrons. The fourth-order valence-corrected chi connectivity index (χ4v) is 5.02. The van der Waals surface area contributed by atoms with E-state index >= 15 is 0 Å². The number of nitrogens with zero attached hydrogens (tertiary/aromatic N) is 3. The third-order valence-corrected chi connectivity index (χ3v) is 6.99. The highest BCUT2D eigenvalue weighted by molar-refractivity contribution is 8.18. The van der Waals surface area contributed by atoms with E-state index < -0.39 is 17.5 Å². The summed E-state index contributed by atoms with van der Waals surface area (Å²) in [4.78, 5) is 29.0. The molecule has 4 rings (SSSR count). The average Bonchev–Trinajstić information content (AvgIpc) is 3.15. The second-order valence-corrected chi connectivity index (χ2v) is 9.56. The van der Waals surface area contributed by atoms with Gasteiger partial charge in [-0.2, -0.15) is 18.4 Å². The van der Waals surface area contributed by atoms with E-state index in [-0.39, 0.29) is 33.1 Å². The fraction of sp³-hybridized carbons (Fsp3) is 0.346. The maximum Gasteiger partial charge on any atom is 0.420 e. The molecule has 0 N–H and O–H groups in total. The maximum atomic E-state index is 13.5. The number of hydrogen-bond acceptors (Lipinski definition) is 7. The van der Waals surface area contributed by atoms with E-state index in [4.69, 9.17) is 14.7 Å². The van der Waals surface area contributed by atoms with Crippen LogP contribution in [-0.2, 0) is 11.0 Å². The lowest BCUT2D eigenvalue weighted by molar-refractivity contribution is -0.138. The first-order valence-corrected chi connectivity index (χ1v) is 12.5. The molecule has 0 atom stereocenters. The SMILES string of the molecule is COc1cc(/C=C2\SC(=O)N(CCN3CCCCC3)C2=O)ccc1Oc1ccc(C#N)cc1C(F)(F)F. The molecule has 2 heterocycles. The number of methoxy groups -OCH3 is 1. The Morgan fingerprint density at radius 3 is 2.43 bits per heavy atom. The Morgan fingerprint density at radius 2 is 1.76 bits per heavy atom. The Kier molecular flexibility index (Phi) is 8.10. The number of halogens is 3. The van der Waals surface area contributed by atoms with Crippen LogP contribution in [0, 0.1) is 11.3 Å². The van der Waals surface area contributed by atoms with Crippen LogP contribution < -0.4 is 9.47 Å². The molecule has 0 aromatic heterocycles. The highest BCUT2D eigenvalue weighted by atomic mass is 32.2. The number of ether oxygens (including phenoxy) is 2. The van der Waals surface area contributed by atoms with Gasteiger partial charge in [0.25, 0.3) is 11.1 Å². The minimum atomic E-state index is -4.73. The summed E-state index contributed by atoms with van der Waals surface area (Å²) >= 11 is 0.848. The Balaban J connectivity index is 1.51. The van der Waals surface area contributed by atoms with Crippen LogP contribution in [0.15, 0.2) is 41.3 Å². The Bertz CT molecular complexity index is 1270. The van der Waals surface area contributed by atoms with Gasteiger partial charge in [0.05, 0.1) is 29.2 Å². The van der Waals surface area contributed by atoms with Gasteiger partial charge in [0.1, 0.15) is 5.75 Å². The van der Waals surface area contributed by atoms with Gasteiger partial charge in [0.15, 0.2) is 11.5 Å². The van der Waals surface area contributed by atoms with Crippen molar-refractivity contribution in [3.63, 3.8) is 0 Å². The summed E-state index contributed by atoms with van der Waals surface area (Å²) in [6.45, 7) is 2.89. The van der Waals surface area contributed by atoms with Crippen molar-refractivity contribution in [2.45, 2.75) is 25.4 Å². The molecular formula is C26H24F3N3O4S. The number of likely N-dealkylation sites (tertiary alicyclic amines) is 1. The van der Waals surface area contributed by atoms with Crippen molar-refractivity contribution < 1.29 is 32.2 Å². The van der Waals surface area contributed by atoms with E-state index in [0.29, 0.717) is 18.7 Å². The predicted molar refractivity (Wildman–Crippen MR) is 132 cm³/mol. The van der Waals surface area contributed by atoms with Crippen molar-refractivity contribution in [3.8, 4) is 23.3 Å². The smallest absolute Gasteiger partial charge is 0.420 e. The second kappa shape index (κ2) is 11.3. The lowest BCUT2D eigenvalue weighted by Gasteiger charge is -2.27. The van der Waals surface area contributed by atoms with Crippen molar-refractivity contribution in [1.29, 1.82) is 5.26 Å². The number of benzene rings is 2. The topological polar surface area (TPSA) is 82.9 Å². The number of thioether (sulfide) groups is 1. The molecule has 37 heavy (non-hydrogen) atoms. The summed E-state index contributed by atoms with van der Waals surface area (Å²) in [5.41, 5.74) is -0.718. The van der Waals surface area contributed by atoms with Crippen molar-refractivity contribution in [1.82, 2.24) is 9.80 Å². The Hall–Kier alpha value is -3.49. The first-order valence-electron chi connectivity index (χ1n) is 11.6. The molecule has 2 fully saturated rings. The van der Waals surface area contributed by atoms with E-state index in [2.05, 4.69) is 4.90 Å². The number of piperidine rings is 1. The quantitative estimate of drug-likeness (QED) is 0.412. The number of rotatable bonds is 7. The van der Waals surface area contributed by atoms with Gasteiger partial charge in [-0.05, 0) is 79.7 Å². The van der Waals surface area contributed by atoms with E-state index in [0.717, 1.165) is 49.8 Å². The van der Waals surface area contributed by atoms with Crippen molar-refractivity contribution >= 4 is 29.0 Å². The number of hydrogen-bond donors (Lipinski definition) is 0. The molecule has 2 aromatic rings. The highest BCUT2D eigenvalue weighted by Gasteiger charge is 2.36. The minimum Gasteiger partial charge on any atom is -0.493 e. The molecule has 0 aliphatic carbocycles. The van der Waals surface area contributed by atoms with Gasteiger partial charge in [-0.25, -0.2) is 0 Å². The molecule has 2 amide bonds. The number of nitriles is 1. The molecule has 0 spiro atoms. The highest BCUT2D eigenvalue weighted by Crippen LogP contribution is 2.41. The van der Waals surface area contributed by atoms with Crippen LogP contribution >= 0.6 is 11.8 Å². The van der Waals surface area contributed by atoms with Gasteiger partial charge in [-0.15, -0.1) is 0 Å². The lowest BCUT2D eigenvalue weighted by Crippen LogP contribution is -2.39. The van der Waals surface area contributed by atoms with Crippen LogP contribution in [0.2, 0.25) is 0 Å². The first kappa shape index (κ1) is 26.6. The maximum absolute atomic E-state index is 13.5. The van der Waals surface area contributed by atoms with Gasteiger partial charge in [0, 0.05) is 13.1 Å². The molecule has 2 aliphatic rings. The number of alkyl halides is 3. The van der Waals surface area contributed by atoms with Crippen molar-refractivity contribution in [3.05, 3.63) is 58.0 Å². The Labute approximate surface area is 216 Å². The zero-order valence-corrected chi connectivity index (χ0v) is 20.8. The Morgan fingerprint density at radius 1 is 1.03 bits per heavy atom. The molecule has 11 heteroatoms. The summed E-state index contributed by atoms with van der Waals surface area (Å²) in [5.74, 6) is -0.703. The molecular weight excluding hydrogens is 507 g/mol. The number of amides is 2. The van der Waals surface area contributed by atoms with Crippen molar-refractivity contribution in [2.75, 3.05) is 33.3 Å². The lowest BCUT2D eigenvalue weighted by atomic mass is 10.1. The third-order valence-electron chi connectivity index (χ3n) is 6.08. The van der Waals surface area contributed by atoms with Crippen molar-refractivity contribution in [2.24, 2.45) is 0 Å². The minimum absolute atomic E-state index is 0.0180. The molecule has 2 aliphatic heterocycles. The van der Waals surface area contributed by atoms with Gasteiger partial charge < -0.3 is 14.4 Å².